The molecule has 0 radical (unpaired) electrons. The van der Waals surface area contributed by atoms with Gasteiger partial charge in [0.05, 0.1) is 18.2 Å². The molecule has 9 heteroatoms. The number of anilines is 1. The molecule has 2 amide bonds. The smallest absolute Gasteiger partial charge is 0.251 e. The molecule has 2 fully saturated rings. The third-order valence-corrected chi connectivity index (χ3v) is 7.24. The number of nitrogens with zero attached hydrogens (tertiary/aromatic N) is 4. The summed E-state index contributed by atoms with van der Waals surface area (Å²) in [4.78, 5) is 34.9. The number of hydrogen-bond acceptors (Lipinski definition) is 7. The average Bonchev–Trinajstić information content (AvgIpc) is 3.28. The third kappa shape index (κ3) is 6.09. The molecule has 196 valence electrons. The molecule has 3 N–H and O–H groups in total. The summed E-state index contributed by atoms with van der Waals surface area (Å²) >= 11 is 0. The van der Waals surface area contributed by atoms with Crippen molar-refractivity contribution in [1.29, 1.82) is 5.26 Å². The summed E-state index contributed by atoms with van der Waals surface area (Å²) in [6, 6.07) is 8.41. The van der Waals surface area contributed by atoms with Crippen molar-refractivity contribution >= 4 is 17.5 Å². The number of carbonyl (C=O) groups excluding carboxylic acids is 2. The Morgan fingerprint density at radius 3 is 2.49 bits per heavy atom. The maximum atomic E-state index is 14.1. The van der Waals surface area contributed by atoms with Gasteiger partial charge in [0.25, 0.3) is 5.91 Å². The lowest BCUT2D eigenvalue weighted by Crippen LogP contribution is -2.51. The summed E-state index contributed by atoms with van der Waals surface area (Å²) in [5.41, 5.74) is 0.563. The SMILES string of the molecule is CC(C)(O)c1ccc(N(C(=O)C2CC(O)CN2C#N)C(C(=O)NC2CCCCC2)c2cccnc2)cc1. The van der Waals surface area contributed by atoms with Gasteiger partial charge in [-0.2, -0.15) is 5.26 Å². The zero-order valence-electron chi connectivity index (χ0n) is 21.4. The fourth-order valence-electron chi connectivity index (χ4n) is 5.23. The summed E-state index contributed by atoms with van der Waals surface area (Å²) in [5, 5.41) is 33.5. The van der Waals surface area contributed by atoms with Crippen LogP contribution in [0.1, 0.15) is 69.5 Å². The number of aliphatic hydroxyl groups is 2. The number of benzene rings is 1. The normalized spacial score (nSPS) is 21.2. The number of nitrogens with one attached hydrogen (secondary N) is 1. The van der Waals surface area contributed by atoms with E-state index in [0.29, 0.717) is 16.8 Å². The highest BCUT2D eigenvalue weighted by Gasteiger charge is 2.43. The minimum absolute atomic E-state index is 0.0267. The summed E-state index contributed by atoms with van der Waals surface area (Å²) in [5.74, 6) is -0.774. The van der Waals surface area contributed by atoms with Crippen LogP contribution in [0.5, 0.6) is 0 Å². The number of β-amino-alcohol motifs (C(OH)–C–C–N with tert-alkyl or cyclic N) is 1. The first-order valence-electron chi connectivity index (χ1n) is 12.9. The molecule has 1 aliphatic carbocycles. The van der Waals surface area contributed by atoms with Crippen molar-refractivity contribution in [1.82, 2.24) is 15.2 Å². The Morgan fingerprint density at radius 1 is 1.19 bits per heavy atom. The summed E-state index contributed by atoms with van der Waals surface area (Å²) in [6.07, 6.45) is 9.46. The molecule has 37 heavy (non-hydrogen) atoms. The zero-order valence-corrected chi connectivity index (χ0v) is 21.4. The first-order chi connectivity index (χ1) is 17.7. The molecular formula is C28H35N5O4. The van der Waals surface area contributed by atoms with E-state index < -0.39 is 29.7 Å². The largest absolute Gasteiger partial charge is 0.391 e. The lowest BCUT2D eigenvalue weighted by atomic mass is 9.94. The van der Waals surface area contributed by atoms with Crippen LogP contribution in [0, 0.1) is 11.5 Å². The van der Waals surface area contributed by atoms with Gasteiger partial charge in [-0.15, -0.1) is 0 Å². The predicted octanol–water partition coefficient (Wildman–Crippen LogP) is 2.75. The molecule has 4 rings (SSSR count). The first kappa shape index (κ1) is 26.6. The number of amides is 2. The first-order valence-corrected chi connectivity index (χ1v) is 12.9. The fraction of sp³-hybridized carbons (Fsp3) is 0.500. The topological polar surface area (TPSA) is 130 Å². The second kappa shape index (κ2) is 11.3. The molecule has 2 heterocycles. The number of hydrogen-bond donors (Lipinski definition) is 3. The van der Waals surface area contributed by atoms with Gasteiger partial charge in [-0.05, 0) is 50.5 Å². The van der Waals surface area contributed by atoms with Crippen LogP contribution in [-0.4, -0.2) is 56.6 Å². The standard InChI is InChI=1S/C28H35N5O4/c1-28(2,37)20-10-12-22(13-11-20)33(27(36)24-15-23(34)17-32(24)18-29)25(19-7-6-14-30-16-19)26(35)31-21-8-4-3-5-9-21/h6-7,10-14,16,21,23-25,34,37H,3-5,8-9,15,17H2,1-2H3,(H,31,35). The van der Waals surface area contributed by atoms with Gasteiger partial charge < -0.3 is 15.5 Å². The lowest BCUT2D eigenvalue weighted by Gasteiger charge is -2.35. The Balaban J connectivity index is 1.78. The fourth-order valence-corrected chi connectivity index (χ4v) is 5.23. The van der Waals surface area contributed by atoms with Crippen LogP contribution in [0.25, 0.3) is 0 Å². The second-order valence-electron chi connectivity index (χ2n) is 10.5. The molecule has 0 bridgehead atoms. The summed E-state index contributed by atoms with van der Waals surface area (Å²) in [7, 11) is 0. The maximum Gasteiger partial charge on any atom is 0.251 e. The van der Waals surface area contributed by atoms with Gasteiger partial charge >= 0.3 is 0 Å². The van der Waals surface area contributed by atoms with Crippen molar-refractivity contribution < 1.29 is 19.8 Å². The van der Waals surface area contributed by atoms with Gasteiger partial charge in [0.15, 0.2) is 6.19 Å². The van der Waals surface area contributed by atoms with E-state index in [0.717, 1.165) is 32.1 Å². The van der Waals surface area contributed by atoms with E-state index in [1.165, 1.54) is 9.80 Å². The van der Waals surface area contributed by atoms with E-state index in [1.807, 2.05) is 6.19 Å². The molecule has 1 saturated heterocycles. The van der Waals surface area contributed by atoms with Crippen LogP contribution in [0.15, 0.2) is 48.8 Å². The highest BCUT2D eigenvalue weighted by Crippen LogP contribution is 2.33. The second-order valence-corrected chi connectivity index (χ2v) is 10.5. The predicted molar refractivity (Wildman–Crippen MR) is 138 cm³/mol. The van der Waals surface area contributed by atoms with Crippen LogP contribution in [0.4, 0.5) is 5.69 Å². The maximum absolute atomic E-state index is 14.1. The Labute approximate surface area is 217 Å². The van der Waals surface area contributed by atoms with E-state index in [4.69, 9.17) is 0 Å². The Morgan fingerprint density at radius 2 is 1.89 bits per heavy atom. The van der Waals surface area contributed by atoms with E-state index in [1.54, 1.807) is 62.6 Å². The van der Waals surface area contributed by atoms with Crippen molar-refractivity contribution in [2.45, 2.75) is 82.2 Å². The highest BCUT2D eigenvalue weighted by molar-refractivity contribution is 6.04. The molecule has 3 unspecified atom stereocenters. The van der Waals surface area contributed by atoms with E-state index >= 15 is 0 Å². The molecular weight excluding hydrogens is 470 g/mol. The number of carbonyl (C=O) groups is 2. The van der Waals surface area contributed by atoms with Crippen molar-refractivity contribution in [3.63, 3.8) is 0 Å². The number of rotatable bonds is 7. The van der Waals surface area contributed by atoms with Crippen molar-refractivity contribution in [2.24, 2.45) is 0 Å². The molecule has 1 aromatic carbocycles. The van der Waals surface area contributed by atoms with E-state index in [9.17, 15) is 25.1 Å². The quantitative estimate of drug-likeness (QED) is 0.493. The van der Waals surface area contributed by atoms with Gasteiger partial charge in [-0.3, -0.25) is 24.4 Å². The van der Waals surface area contributed by atoms with Gasteiger partial charge in [-0.25, -0.2) is 0 Å². The van der Waals surface area contributed by atoms with Gasteiger partial charge in [0, 0.05) is 36.1 Å². The summed E-state index contributed by atoms with van der Waals surface area (Å²) in [6.45, 7) is 3.40. The van der Waals surface area contributed by atoms with Gasteiger partial charge in [0.1, 0.15) is 12.1 Å². The van der Waals surface area contributed by atoms with Crippen LogP contribution >= 0.6 is 0 Å². The monoisotopic (exact) mass is 505 g/mol. The molecule has 0 spiro atoms. The van der Waals surface area contributed by atoms with Crippen molar-refractivity contribution in [2.75, 3.05) is 11.4 Å². The van der Waals surface area contributed by atoms with Crippen LogP contribution in [-0.2, 0) is 15.2 Å². The van der Waals surface area contributed by atoms with Gasteiger partial charge in [-0.1, -0.05) is 37.5 Å². The van der Waals surface area contributed by atoms with Crippen molar-refractivity contribution in [3.8, 4) is 6.19 Å². The van der Waals surface area contributed by atoms with Gasteiger partial charge in [0.2, 0.25) is 5.91 Å². The summed E-state index contributed by atoms with van der Waals surface area (Å²) < 4.78 is 0. The number of nitriles is 1. The highest BCUT2D eigenvalue weighted by atomic mass is 16.3. The molecule has 9 nitrogen and oxygen atoms in total. The Bertz CT molecular complexity index is 1120. The number of pyridine rings is 1. The number of aliphatic hydroxyl groups excluding tert-OH is 1. The van der Waals surface area contributed by atoms with E-state index in [-0.39, 0.29) is 24.9 Å². The minimum Gasteiger partial charge on any atom is -0.391 e. The average molecular weight is 506 g/mol. The lowest BCUT2D eigenvalue weighted by molar-refractivity contribution is -0.128. The van der Waals surface area contributed by atoms with Crippen LogP contribution in [0.3, 0.4) is 0 Å². The van der Waals surface area contributed by atoms with Crippen LogP contribution in [0.2, 0.25) is 0 Å². The number of aromatic nitrogens is 1. The Kier molecular flexibility index (Phi) is 8.10. The van der Waals surface area contributed by atoms with E-state index in [2.05, 4.69) is 10.3 Å². The molecule has 3 atom stereocenters. The third-order valence-electron chi connectivity index (χ3n) is 7.24. The van der Waals surface area contributed by atoms with Crippen molar-refractivity contribution in [3.05, 3.63) is 59.9 Å². The molecule has 1 aliphatic heterocycles. The molecule has 2 aliphatic rings. The Hall–Kier alpha value is -3.48. The molecule has 1 aromatic heterocycles. The molecule has 2 aromatic rings. The van der Waals surface area contributed by atoms with Crippen LogP contribution < -0.4 is 10.2 Å². The zero-order chi connectivity index (χ0) is 26.6. The minimum atomic E-state index is -1.08. The molecule has 1 saturated carbocycles. The number of likely N-dealkylation sites (tertiary alicyclic amines) is 1.